The molecule has 0 aliphatic rings. The number of halogens is 1. The van der Waals surface area contributed by atoms with E-state index in [4.69, 9.17) is 9.84 Å². The van der Waals surface area contributed by atoms with Crippen molar-refractivity contribution in [2.24, 2.45) is 0 Å². The number of aldehydes is 1. The van der Waals surface area contributed by atoms with Crippen LogP contribution in [0.15, 0.2) is 18.2 Å². The van der Waals surface area contributed by atoms with E-state index >= 15 is 0 Å². The number of rotatable bonds is 4. The summed E-state index contributed by atoms with van der Waals surface area (Å²) in [6.07, 6.45) is -0.831. The summed E-state index contributed by atoms with van der Waals surface area (Å²) in [5, 5.41) is 9.02. The highest BCUT2D eigenvalue weighted by molar-refractivity contribution is 5.56. The van der Waals surface area contributed by atoms with Crippen molar-refractivity contribution in [2.45, 2.75) is 12.5 Å². The summed E-state index contributed by atoms with van der Waals surface area (Å²) in [4.78, 5) is 10.2. The predicted octanol–water partition coefficient (Wildman–Crippen LogP) is 0.937. The van der Waals surface area contributed by atoms with Crippen molar-refractivity contribution < 1.29 is 19.0 Å². The fraction of sp³-hybridized carbons (Fsp3) is 0.300. The summed E-state index contributed by atoms with van der Waals surface area (Å²) in [6.45, 7) is 0. The number of aliphatic hydroxyl groups is 1. The fourth-order valence-electron chi connectivity index (χ4n) is 1.14. The highest BCUT2D eigenvalue weighted by Gasteiger charge is 2.11. The Hall–Kier alpha value is -1.42. The van der Waals surface area contributed by atoms with E-state index in [1.54, 1.807) is 6.07 Å². The van der Waals surface area contributed by atoms with Gasteiger partial charge in [0.05, 0.1) is 7.11 Å². The third-order valence-corrected chi connectivity index (χ3v) is 1.85. The summed E-state index contributed by atoms with van der Waals surface area (Å²) < 4.78 is 18.2. The lowest BCUT2D eigenvalue weighted by atomic mass is 10.1. The van der Waals surface area contributed by atoms with Crippen LogP contribution >= 0.6 is 0 Å². The average molecular weight is 198 g/mol. The van der Waals surface area contributed by atoms with Crippen LogP contribution in [-0.2, 0) is 11.2 Å². The topological polar surface area (TPSA) is 46.5 Å². The molecule has 0 aliphatic carbocycles. The number of aliphatic hydroxyl groups excluding tert-OH is 1. The number of benzene rings is 1. The molecule has 1 aromatic rings. The molecule has 1 unspecified atom stereocenters. The van der Waals surface area contributed by atoms with Crippen LogP contribution in [0.1, 0.15) is 5.56 Å². The lowest BCUT2D eigenvalue weighted by Crippen LogP contribution is -2.12. The van der Waals surface area contributed by atoms with E-state index in [2.05, 4.69) is 0 Å². The van der Waals surface area contributed by atoms with Gasteiger partial charge >= 0.3 is 0 Å². The second-order valence-electron chi connectivity index (χ2n) is 2.84. The third kappa shape index (κ3) is 2.29. The molecule has 0 aromatic heterocycles. The molecule has 3 nitrogen and oxygen atoms in total. The van der Waals surface area contributed by atoms with Gasteiger partial charge in [-0.1, -0.05) is 12.1 Å². The van der Waals surface area contributed by atoms with Crippen LogP contribution in [-0.4, -0.2) is 24.6 Å². The lowest BCUT2D eigenvalue weighted by Gasteiger charge is -2.07. The second kappa shape index (κ2) is 4.72. The molecule has 0 bridgehead atoms. The molecule has 0 radical (unpaired) electrons. The third-order valence-electron chi connectivity index (χ3n) is 1.85. The number of hydrogen-bond acceptors (Lipinski definition) is 3. The van der Waals surface area contributed by atoms with Gasteiger partial charge in [0, 0.05) is 6.42 Å². The van der Waals surface area contributed by atoms with Gasteiger partial charge in [-0.25, -0.2) is 4.39 Å². The Bertz CT molecular complexity index is 325. The molecule has 1 atom stereocenters. The fourth-order valence-corrected chi connectivity index (χ4v) is 1.14. The second-order valence-corrected chi connectivity index (χ2v) is 2.84. The predicted molar refractivity (Wildman–Crippen MR) is 48.7 cm³/mol. The van der Waals surface area contributed by atoms with Gasteiger partial charge in [0.15, 0.2) is 11.6 Å². The zero-order valence-electron chi connectivity index (χ0n) is 7.74. The van der Waals surface area contributed by atoms with E-state index in [1.165, 1.54) is 19.2 Å². The van der Waals surface area contributed by atoms with E-state index in [9.17, 15) is 9.18 Å². The van der Waals surface area contributed by atoms with Crippen molar-refractivity contribution in [1.29, 1.82) is 0 Å². The molecule has 0 amide bonds. The molecule has 14 heavy (non-hydrogen) atoms. The Morgan fingerprint density at radius 2 is 2.36 bits per heavy atom. The van der Waals surface area contributed by atoms with Crippen LogP contribution in [0.5, 0.6) is 5.75 Å². The molecular weight excluding hydrogens is 187 g/mol. The van der Waals surface area contributed by atoms with Gasteiger partial charge in [0.2, 0.25) is 0 Å². The minimum atomic E-state index is -1.17. The van der Waals surface area contributed by atoms with E-state index in [0.717, 1.165) is 0 Å². The molecule has 0 saturated carbocycles. The van der Waals surface area contributed by atoms with Crippen LogP contribution in [0.2, 0.25) is 0 Å². The molecule has 1 aromatic carbocycles. The molecule has 1 rings (SSSR count). The van der Waals surface area contributed by atoms with Crippen LogP contribution in [0.3, 0.4) is 0 Å². The van der Waals surface area contributed by atoms with Gasteiger partial charge in [-0.15, -0.1) is 0 Å². The van der Waals surface area contributed by atoms with Gasteiger partial charge in [0.1, 0.15) is 12.4 Å². The van der Waals surface area contributed by atoms with E-state index in [-0.39, 0.29) is 17.7 Å². The lowest BCUT2D eigenvalue weighted by molar-refractivity contribution is -0.114. The molecule has 0 heterocycles. The van der Waals surface area contributed by atoms with Gasteiger partial charge in [-0.05, 0) is 11.6 Å². The maximum atomic E-state index is 13.4. The SMILES string of the molecule is COc1cccc(CC(O)C=O)c1F. The van der Waals surface area contributed by atoms with E-state index in [0.29, 0.717) is 6.29 Å². The van der Waals surface area contributed by atoms with Crippen LogP contribution in [0.4, 0.5) is 4.39 Å². The van der Waals surface area contributed by atoms with Crippen molar-refractivity contribution in [1.82, 2.24) is 0 Å². The number of carbonyl (C=O) groups excluding carboxylic acids is 1. The van der Waals surface area contributed by atoms with Crippen molar-refractivity contribution in [2.75, 3.05) is 7.11 Å². The van der Waals surface area contributed by atoms with Crippen molar-refractivity contribution >= 4 is 6.29 Å². The number of carbonyl (C=O) groups is 1. The molecule has 0 aliphatic heterocycles. The minimum absolute atomic E-state index is 0.0352. The molecule has 76 valence electrons. The van der Waals surface area contributed by atoms with Gasteiger partial charge in [-0.2, -0.15) is 0 Å². The molecule has 1 N–H and O–H groups in total. The molecule has 0 spiro atoms. The summed E-state index contributed by atoms with van der Waals surface area (Å²) in [6, 6.07) is 4.59. The summed E-state index contributed by atoms with van der Waals surface area (Å²) in [5.74, 6) is -0.420. The van der Waals surface area contributed by atoms with Crippen molar-refractivity contribution in [3.8, 4) is 5.75 Å². The van der Waals surface area contributed by atoms with E-state index < -0.39 is 11.9 Å². The summed E-state index contributed by atoms with van der Waals surface area (Å²) >= 11 is 0. The standard InChI is InChI=1S/C10H11FO3/c1-14-9-4-2-3-7(10(9)11)5-8(13)6-12/h2-4,6,8,13H,5H2,1H3. The Morgan fingerprint density at radius 3 is 2.93 bits per heavy atom. The van der Waals surface area contributed by atoms with Crippen molar-refractivity contribution in [3.63, 3.8) is 0 Å². The normalized spacial score (nSPS) is 12.2. The maximum absolute atomic E-state index is 13.4. The molecule has 0 saturated heterocycles. The van der Waals surface area contributed by atoms with Crippen LogP contribution < -0.4 is 4.74 Å². The summed E-state index contributed by atoms with van der Waals surface area (Å²) in [7, 11) is 1.36. The monoisotopic (exact) mass is 198 g/mol. The molecule has 4 heteroatoms. The Morgan fingerprint density at radius 1 is 1.64 bits per heavy atom. The Kier molecular flexibility index (Phi) is 3.59. The first-order chi connectivity index (χ1) is 6.69. The average Bonchev–Trinajstić information content (AvgIpc) is 2.21. The van der Waals surface area contributed by atoms with Crippen LogP contribution in [0.25, 0.3) is 0 Å². The highest BCUT2D eigenvalue weighted by Crippen LogP contribution is 2.20. The van der Waals surface area contributed by atoms with Crippen molar-refractivity contribution in [3.05, 3.63) is 29.6 Å². The number of ether oxygens (including phenoxy) is 1. The zero-order chi connectivity index (χ0) is 10.6. The molecular formula is C10H11FO3. The summed E-state index contributed by atoms with van der Waals surface area (Å²) in [5.41, 5.74) is 0.268. The highest BCUT2D eigenvalue weighted by atomic mass is 19.1. The molecule has 0 fully saturated rings. The minimum Gasteiger partial charge on any atom is -0.494 e. The Labute approximate surface area is 81.1 Å². The number of methoxy groups -OCH3 is 1. The van der Waals surface area contributed by atoms with Gasteiger partial charge in [0.25, 0.3) is 0 Å². The first-order valence-electron chi connectivity index (χ1n) is 4.13. The zero-order valence-corrected chi connectivity index (χ0v) is 7.74. The van der Waals surface area contributed by atoms with E-state index in [1.807, 2.05) is 0 Å². The quantitative estimate of drug-likeness (QED) is 0.732. The smallest absolute Gasteiger partial charge is 0.168 e. The number of hydrogen-bond donors (Lipinski definition) is 1. The van der Waals surface area contributed by atoms with Crippen LogP contribution in [0, 0.1) is 5.82 Å². The van der Waals surface area contributed by atoms with Gasteiger partial charge in [-0.3, -0.25) is 0 Å². The Balaban J connectivity index is 2.91. The first-order valence-corrected chi connectivity index (χ1v) is 4.13. The largest absolute Gasteiger partial charge is 0.494 e. The maximum Gasteiger partial charge on any atom is 0.168 e. The van der Waals surface area contributed by atoms with Gasteiger partial charge < -0.3 is 14.6 Å². The first kappa shape index (κ1) is 10.7.